The van der Waals surface area contributed by atoms with Gasteiger partial charge in [-0.3, -0.25) is 9.35 Å². The van der Waals surface area contributed by atoms with Gasteiger partial charge in [-0.2, -0.15) is 8.42 Å². The molecule has 0 radical (unpaired) electrons. The maximum atomic E-state index is 11.6. The quantitative estimate of drug-likeness (QED) is 0.491. The molecule has 0 atom stereocenters. The second-order valence-corrected chi connectivity index (χ2v) is 5.26. The van der Waals surface area contributed by atoms with Crippen LogP contribution >= 0.6 is 0 Å². The van der Waals surface area contributed by atoms with Crippen LogP contribution in [-0.4, -0.2) is 26.0 Å². The van der Waals surface area contributed by atoms with Crippen LogP contribution in [0, 0.1) is 6.92 Å². The van der Waals surface area contributed by atoms with Crippen LogP contribution in [0.1, 0.15) is 12.5 Å². The SMILES string of the molecule is C=C(C)C(=O)Nc1cc(C)c(N=NS(=O)(=O)O)cc1OC. The minimum Gasteiger partial charge on any atom is -0.494 e. The first kappa shape index (κ1) is 16.8. The number of nitrogens with one attached hydrogen (secondary N) is 1. The van der Waals surface area contributed by atoms with Gasteiger partial charge in [0.15, 0.2) is 0 Å². The maximum Gasteiger partial charge on any atom is 0.396 e. The second-order valence-electron chi connectivity index (χ2n) is 4.20. The first-order chi connectivity index (χ1) is 9.64. The molecule has 0 aliphatic heterocycles. The Labute approximate surface area is 122 Å². The van der Waals surface area contributed by atoms with E-state index in [4.69, 9.17) is 9.29 Å². The number of ether oxygens (including phenoxy) is 1. The van der Waals surface area contributed by atoms with Crippen molar-refractivity contribution in [3.63, 3.8) is 0 Å². The topological polar surface area (TPSA) is 117 Å². The molecule has 1 aromatic carbocycles. The van der Waals surface area contributed by atoms with Crippen LogP contribution in [0.25, 0.3) is 0 Å². The van der Waals surface area contributed by atoms with Crippen molar-refractivity contribution >= 4 is 27.6 Å². The van der Waals surface area contributed by atoms with E-state index < -0.39 is 10.3 Å². The number of benzene rings is 1. The first-order valence-electron chi connectivity index (χ1n) is 5.70. The zero-order chi connectivity index (χ0) is 16.2. The summed E-state index contributed by atoms with van der Waals surface area (Å²) in [5.74, 6) is -0.112. The van der Waals surface area contributed by atoms with Gasteiger partial charge in [0.05, 0.1) is 18.5 Å². The minimum absolute atomic E-state index is 0.179. The Morgan fingerprint density at radius 3 is 2.52 bits per heavy atom. The number of nitrogens with zero attached hydrogens (tertiary/aromatic N) is 2. The lowest BCUT2D eigenvalue weighted by molar-refractivity contribution is -0.112. The summed E-state index contributed by atoms with van der Waals surface area (Å²) in [6.45, 7) is 6.71. The molecule has 0 saturated heterocycles. The Balaban J connectivity index is 3.22. The molecule has 0 heterocycles. The van der Waals surface area contributed by atoms with Crippen LogP contribution in [0.4, 0.5) is 11.4 Å². The van der Waals surface area contributed by atoms with Gasteiger partial charge in [-0.15, -0.1) is 5.11 Å². The van der Waals surface area contributed by atoms with Gasteiger partial charge in [0.1, 0.15) is 5.75 Å². The van der Waals surface area contributed by atoms with Crippen LogP contribution in [0.15, 0.2) is 33.9 Å². The lowest BCUT2D eigenvalue weighted by atomic mass is 10.1. The normalized spacial score (nSPS) is 11.4. The first-order valence-corrected chi connectivity index (χ1v) is 7.09. The van der Waals surface area contributed by atoms with E-state index in [0.29, 0.717) is 16.8 Å². The number of amides is 1. The van der Waals surface area contributed by atoms with E-state index in [2.05, 4.69) is 21.5 Å². The van der Waals surface area contributed by atoms with E-state index in [-0.39, 0.29) is 17.3 Å². The molecule has 8 nitrogen and oxygen atoms in total. The van der Waals surface area contributed by atoms with E-state index in [1.807, 2.05) is 0 Å². The molecule has 0 fully saturated rings. The van der Waals surface area contributed by atoms with Crippen molar-refractivity contribution in [3.05, 3.63) is 29.8 Å². The molecular formula is C12H15N3O5S. The number of hydrogen-bond donors (Lipinski definition) is 2. The highest BCUT2D eigenvalue weighted by atomic mass is 32.2. The fourth-order valence-electron chi connectivity index (χ4n) is 1.38. The van der Waals surface area contributed by atoms with E-state index >= 15 is 0 Å². The summed E-state index contributed by atoms with van der Waals surface area (Å²) in [5.41, 5.74) is 1.41. The molecule has 2 N–H and O–H groups in total. The average Bonchev–Trinajstić information content (AvgIpc) is 2.36. The third kappa shape index (κ3) is 4.97. The smallest absolute Gasteiger partial charge is 0.396 e. The van der Waals surface area contributed by atoms with E-state index in [1.54, 1.807) is 13.8 Å². The van der Waals surface area contributed by atoms with Gasteiger partial charge in [-0.1, -0.05) is 6.58 Å². The third-order valence-electron chi connectivity index (χ3n) is 2.41. The second kappa shape index (κ2) is 6.46. The molecular weight excluding hydrogens is 298 g/mol. The molecule has 0 unspecified atom stereocenters. The standard InChI is InChI=1S/C12H15N3O5S/c1-7(2)12(16)13-10-5-8(3)9(6-11(10)20-4)14-15-21(17,18)19/h5-6H,1H2,2-4H3,(H,13,16)(H,17,18,19). The van der Waals surface area contributed by atoms with Gasteiger partial charge in [-0.25, -0.2) is 0 Å². The van der Waals surface area contributed by atoms with Gasteiger partial charge in [0.2, 0.25) is 0 Å². The number of rotatable bonds is 5. The van der Waals surface area contributed by atoms with Crippen LogP contribution in [0.2, 0.25) is 0 Å². The molecule has 0 spiro atoms. The summed E-state index contributed by atoms with van der Waals surface area (Å²) in [6, 6.07) is 2.93. The molecule has 21 heavy (non-hydrogen) atoms. The Bertz CT molecular complexity index is 710. The van der Waals surface area contributed by atoms with Crippen LogP contribution < -0.4 is 10.1 Å². The number of carbonyl (C=O) groups excluding carboxylic acids is 1. The Kier molecular flexibility index (Phi) is 5.17. The van der Waals surface area contributed by atoms with E-state index in [0.717, 1.165) is 0 Å². The summed E-state index contributed by atoms with van der Waals surface area (Å²) in [4.78, 5) is 11.6. The van der Waals surface area contributed by atoms with Crippen molar-refractivity contribution in [2.45, 2.75) is 13.8 Å². The summed E-state index contributed by atoms with van der Waals surface area (Å²) in [5, 5.41) is 6.02. The highest BCUT2D eigenvalue weighted by Crippen LogP contribution is 2.33. The van der Waals surface area contributed by atoms with Gasteiger partial charge >= 0.3 is 10.3 Å². The molecule has 114 valence electrons. The third-order valence-corrected chi connectivity index (χ3v) is 2.69. The average molecular weight is 313 g/mol. The molecule has 9 heteroatoms. The lowest BCUT2D eigenvalue weighted by Gasteiger charge is -2.12. The zero-order valence-electron chi connectivity index (χ0n) is 11.7. The Morgan fingerprint density at radius 1 is 1.43 bits per heavy atom. The van der Waals surface area contributed by atoms with Crippen molar-refractivity contribution in [2.24, 2.45) is 9.63 Å². The van der Waals surface area contributed by atoms with Crippen LogP contribution in [0.3, 0.4) is 0 Å². The van der Waals surface area contributed by atoms with Crippen molar-refractivity contribution in [2.75, 3.05) is 12.4 Å². The largest absolute Gasteiger partial charge is 0.494 e. The summed E-state index contributed by atoms with van der Waals surface area (Å²) in [6.07, 6.45) is 0. The molecule has 0 aliphatic carbocycles. The molecule has 0 aromatic heterocycles. The maximum absolute atomic E-state index is 11.6. The summed E-state index contributed by atoms with van der Waals surface area (Å²) in [7, 11) is -3.18. The highest BCUT2D eigenvalue weighted by Gasteiger charge is 2.12. The van der Waals surface area contributed by atoms with E-state index in [1.165, 1.54) is 19.2 Å². The molecule has 0 aliphatic rings. The highest BCUT2D eigenvalue weighted by molar-refractivity contribution is 7.84. The number of aryl methyl sites for hydroxylation is 1. The molecule has 0 saturated carbocycles. The zero-order valence-corrected chi connectivity index (χ0v) is 12.6. The van der Waals surface area contributed by atoms with Crippen molar-refractivity contribution in [1.29, 1.82) is 0 Å². The minimum atomic E-state index is -4.56. The predicted octanol–water partition coefficient (Wildman–Crippen LogP) is 2.40. The van der Waals surface area contributed by atoms with E-state index in [9.17, 15) is 13.2 Å². The number of anilines is 1. The number of carbonyl (C=O) groups is 1. The van der Waals surface area contributed by atoms with Crippen LogP contribution in [0.5, 0.6) is 5.75 Å². The number of methoxy groups -OCH3 is 1. The lowest BCUT2D eigenvalue weighted by Crippen LogP contribution is -2.12. The van der Waals surface area contributed by atoms with Crippen molar-refractivity contribution < 1.29 is 22.5 Å². The summed E-state index contributed by atoms with van der Waals surface area (Å²) >= 11 is 0. The predicted molar refractivity (Wildman–Crippen MR) is 77.2 cm³/mol. The Morgan fingerprint density at radius 2 is 2.05 bits per heavy atom. The molecule has 0 bridgehead atoms. The Hall–Kier alpha value is -2.26. The molecule has 1 amide bonds. The summed E-state index contributed by atoms with van der Waals surface area (Å²) < 4.78 is 37.5. The fourth-order valence-corrected chi connectivity index (χ4v) is 1.57. The van der Waals surface area contributed by atoms with Crippen LogP contribution in [-0.2, 0) is 15.1 Å². The van der Waals surface area contributed by atoms with Crippen molar-refractivity contribution in [1.82, 2.24) is 0 Å². The molecule has 1 aromatic rings. The van der Waals surface area contributed by atoms with Gasteiger partial charge in [-0.05, 0) is 30.0 Å². The van der Waals surface area contributed by atoms with Gasteiger partial charge in [0.25, 0.3) is 5.91 Å². The molecule has 1 rings (SSSR count). The van der Waals surface area contributed by atoms with Gasteiger partial charge in [0, 0.05) is 11.6 Å². The van der Waals surface area contributed by atoms with Crippen molar-refractivity contribution in [3.8, 4) is 5.75 Å². The van der Waals surface area contributed by atoms with Gasteiger partial charge < -0.3 is 10.1 Å². The number of hydrogen-bond acceptors (Lipinski definition) is 5. The monoisotopic (exact) mass is 313 g/mol. The fraction of sp³-hybridized carbons (Fsp3) is 0.250.